The third kappa shape index (κ3) is 7.34. The van der Waals surface area contributed by atoms with Crippen molar-refractivity contribution in [1.29, 1.82) is 0 Å². The molecule has 5 heteroatoms. The van der Waals surface area contributed by atoms with Gasteiger partial charge in [0.25, 0.3) is 0 Å². The minimum absolute atomic E-state index is 0.0782. The largest absolute Gasteiger partial charge is 0.493 e. The van der Waals surface area contributed by atoms with E-state index in [-0.39, 0.29) is 11.3 Å². The molecular weight excluding hydrogens is 360 g/mol. The third-order valence-corrected chi connectivity index (χ3v) is 5.60. The van der Waals surface area contributed by atoms with Crippen molar-refractivity contribution in [2.75, 3.05) is 19.7 Å². The van der Waals surface area contributed by atoms with E-state index in [9.17, 15) is 4.79 Å². The van der Waals surface area contributed by atoms with Crippen LogP contribution in [0.3, 0.4) is 0 Å². The number of nitrogens with one attached hydrogen (secondary N) is 2. The van der Waals surface area contributed by atoms with Crippen LogP contribution < -0.4 is 14.9 Å². The van der Waals surface area contributed by atoms with E-state index in [0.717, 1.165) is 57.6 Å². The molecule has 0 spiro atoms. The van der Waals surface area contributed by atoms with Gasteiger partial charge in [0, 0.05) is 24.9 Å². The molecule has 0 unspecified atom stereocenters. The molecule has 0 aromatic heterocycles. The maximum atomic E-state index is 12.2. The first kappa shape index (κ1) is 22.0. The Kier molecular flexibility index (Phi) is 9.43. The second kappa shape index (κ2) is 11.6. The summed E-state index contributed by atoms with van der Waals surface area (Å²) < 4.78 is 5.81. The average Bonchev–Trinajstić information content (AvgIpc) is 3.15. The van der Waals surface area contributed by atoms with Crippen LogP contribution in [0.5, 0.6) is 5.75 Å². The minimum atomic E-state index is 0.0782. The molecule has 1 fully saturated rings. The first-order valence-electron chi connectivity index (χ1n) is 10.4. The molecule has 1 amide bonds. The third-order valence-electron chi connectivity index (χ3n) is 5.41. The van der Waals surface area contributed by atoms with Crippen LogP contribution in [0.1, 0.15) is 70.8 Å². The van der Waals surface area contributed by atoms with Crippen molar-refractivity contribution in [2.45, 2.75) is 70.6 Å². The zero-order valence-electron chi connectivity index (χ0n) is 16.9. The van der Waals surface area contributed by atoms with Gasteiger partial charge in [-0.2, -0.15) is 0 Å². The summed E-state index contributed by atoms with van der Waals surface area (Å²) in [6, 6.07) is 8.52. The topological polar surface area (TPSA) is 50.4 Å². The molecule has 0 bridgehead atoms. The predicted octanol–water partition coefficient (Wildman–Crippen LogP) is 4.95. The van der Waals surface area contributed by atoms with E-state index < -0.39 is 0 Å². The molecule has 1 aromatic carbocycles. The molecular formula is C22H35ClN2O2. The number of hydrogen-bond acceptors (Lipinski definition) is 3. The van der Waals surface area contributed by atoms with Gasteiger partial charge in [0.1, 0.15) is 5.75 Å². The Labute approximate surface area is 169 Å². The molecule has 0 radical (unpaired) electrons. The van der Waals surface area contributed by atoms with Crippen molar-refractivity contribution in [3.05, 3.63) is 29.8 Å². The molecule has 0 aliphatic heterocycles. The van der Waals surface area contributed by atoms with Gasteiger partial charge in [-0.05, 0) is 61.1 Å². The highest BCUT2D eigenvalue weighted by Gasteiger charge is 2.35. The van der Waals surface area contributed by atoms with Crippen molar-refractivity contribution in [1.82, 2.24) is 10.2 Å². The summed E-state index contributed by atoms with van der Waals surface area (Å²) in [5, 5.41) is 3.20. The lowest BCUT2D eigenvalue weighted by Crippen LogP contribution is -2.38. The first-order valence-corrected chi connectivity index (χ1v) is 10.8. The van der Waals surface area contributed by atoms with Gasteiger partial charge in [0.15, 0.2) is 0 Å². The van der Waals surface area contributed by atoms with Crippen molar-refractivity contribution in [2.24, 2.45) is 5.92 Å². The molecule has 152 valence electrons. The van der Waals surface area contributed by atoms with Gasteiger partial charge >= 0.3 is 0 Å². The molecule has 4 nitrogen and oxygen atoms in total. The Bertz CT molecular complexity index is 554. The zero-order valence-corrected chi connectivity index (χ0v) is 17.6. The molecule has 1 aliphatic rings. The Hall–Kier alpha value is -1.26. The van der Waals surface area contributed by atoms with Crippen molar-refractivity contribution in [3.8, 4) is 5.75 Å². The maximum absolute atomic E-state index is 12.2. The standard InChI is InChI=1S/C22H35ClN2O2/c1-18(2)16-27-20-11-9-19(10-12-20)22(13-5-6-14-22)17-24-21(26)8-4-3-7-15-25-23/h9-12,18,25H,3-8,13-17H2,1-2H3,(H,24,26). The van der Waals surface area contributed by atoms with Gasteiger partial charge in [0.05, 0.1) is 6.61 Å². The van der Waals surface area contributed by atoms with Gasteiger partial charge in [-0.1, -0.05) is 45.2 Å². The number of benzene rings is 1. The van der Waals surface area contributed by atoms with Gasteiger partial charge < -0.3 is 10.1 Å². The fraction of sp³-hybridized carbons (Fsp3) is 0.682. The highest BCUT2D eigenvalue weighted by molar-refractivity contribution is 6.13. The van der Waals surface area contributed by atoms with Crippen LogP contribution in [0, 0.1) is 5.92 Å². The number of rotatable bonds is 12. The van der Waals surface area contributed by atoms with E-state index in [2.05, 4.69) is 48.3 Å². The smallest absolute Gasteiger partial charge is 0.220 e. The highest BCUT2D eigenvalue weighted by Crippen LogP contribution is 2.41. The van der Waals surface area contributed by atoms with E-state index in [1.54, 1.807) is 0 Å². The van der Waals surface area contributed by atoms with Gasteiger partial charge in [-0.25, -0.2) is 4.84 Å². The number of amides is 1. The molecule has 2 rings (SSSR count). The molecule has 0 heterocycles. The van der Waals surface area contributed by atoms with Crippen LogP contribution in [-0.2, 0) is 10.2 Å². The van der Waals surface area contributed by atoms with E-state index in [4.69, 9.17) is 16.5 Å². The van der Waals surface area contributed by atoms with Crippen molar-refractivity contribution >= 4 is 17.7 Å². The Morgan fingerprint density at radius 1 is 1.15 bits per heavy atom. The summed E-state index contributed by atoms with van der Waals surface area (Å²) in [6.07, 6.45) is 8.28. The number of halogens is 1. The normalized spacial score (nSPS) is 15.9. The molecule has 0 atom stereocenters. The van der Waals surface area contributed by atoms with Gasteiger partial charge in [-0.3, -0.25) is 4.79 Å². The number of carbonyl (C=O) groups excluding carboxylic acids is 1. The average molecular weight is 395 g/mol. The zero-order chi connectivity index (χ0) is 19.5. The van der Waals surface area contributed by atoms with E-state index in [1.165, 1.54) is 18.4 Å². The van der Waals surface area contributed by atoms with Crippen LogP contribution in [0.2, 0.25) is 0 Å². The minimum Gasteiger partial charge on any atom is -0.493 e. The van der Waals surface area contributed by atoms with Crippen LogP contribution in [0.4, 0.5) is 0 Å². The maximum Gasteiger partial charge on any atom is 0.220 e. The van der Waals surface area contributed by atoms with Crippen LogP contribution in [-0.4, -0.2) is 25.6 Å². The summed E-state index contributed by atoms with van der Waals surface area (Å²) in [5.41, 5.74) is 1.40. The summed E-state index contributed by atoms with van der Waals surface area (Å²) in [7, 11) is 0. The molecule has 2 N–H and O–H groups in total. The first-order chi connectivity index (χ1) is 13.1. The predicted molar refractivity (Wildman–Crippen MR) is 112 cm³/mol. The Balaban J connectivity index is 1.86. The second-order valence-corrected chi connectivity index (χ2v) is 8.45. The Morgan fingerprint density at radius 3 is 2.48 bits per heavy atom. The summed E-state index contributed by atoms with van der Waals surface area (Å²) in [4.78, 5) is 14.9. The lowest BCUT2D eigenvalue weighted by molar-refractivity contribution is -0.121. The molecule has 1 aromatic rings. The Morgan fingerprint density at radius 2 is 1.85 bits per heavy atom. The quantitative estimate of drug-likeness (QED) is 0.389. The lowest BCUT2D eigenvalue weighted by Gasteiger charge is -2.30. The number of ether oxygens (including phenoxy) is 1. The lowest BCUT2D eigenvalue weighted by atomic mass is 9.78. The van der Waals surface area contributed by atoms with E-state index >= 15 is 0 Å². The molecule has 1 saturated carbocycles. The molecule has 27 heavy (non-hydrogen) atoms. The van der Waals surface area contributed by atoms with Crippen molar-refractivity contribution in [3.63, 3.8) is 0 Å². The van der Waals surface area contributed by atoms with Gasteiger partial charge in [-0.15, -0.1) is 0 Å². The number of hydrogen-bond donors (Lipinski definition) is 2. The van der Waals surface area contributed by atoms with Crippen LogP contribution in [0.25, 0.3) is 0 Å². The molecule has 1 aliphatic carbocycles. The van der Waals surface area contributed by atoms with Gasteiger partial charge in [0.2, 0.25) is 5.91 Å². The monoisotopic (exact) mass is 394 g/mol. The van der Waals surface area contributed by atoms with Crippen LogP contribution >= 0.6 is 11.8 Å². The van der Waals surface area contributed by atoms with Crippen LogP contribution in [0.15, 0.2) is 24.3 Å². The number of carbonyl (C=O) groups is 1. The summed E-state index contributed by atoms with van der Waals surface area (Å²) >= 11 is 5.44. The number of unbranched alkanes of at least 4 members (excludes halogenated alkanes) is 2. The van der Waals surface area contributed by atoms with E-state index in [0.29, 0.717) is 12.3 Å². The summed E-state index contributed by atoms with van der Waals surface area (Å²) in [6.45, 7) is 6.57. The van der Waals surface area contributed by atoms with Crippen molar-refractivity contribution < 1.29 is 9.53 Å². The SMILES string of the molecule is CC(C)COc1ccc(C2(CNC(=O)CCCCCNCl)CCCC2)cc1. The van der Waals surface area contributed by atoms with E-state index in [1.807, 2.05) is 0 Å². The summed E-state index contributed by atoms with van der Waals surface area (Å²) in [5.74, 6) is 1.61. The fourth-order valence-corrected chi connectivity index (χ4v) is 3.93. The fourth-order valence-electron chi connectivity index (χ4n) is 3.80. The molecule has 0 saturated heterocycles. The highest BCUT2D eigenvalue weighted by atomic mass is 35.5. The second-order valence-electron chi connectivity index (χ2n) is 8.19.